The average Bonchev–Trinajstić information content (AvgIpc) is 3.49. The van der Waals surface area contributed by atoms with Gasteiger partial charge in [-0.15, -0.1) is 0 Å². The van der Waals surface area contributed by atoms with Gasteiger partial charge in [-0.3, -0.25) is 9.36 Å². The number of hydrogen-bond acceptors (Lipinski definition) is 8. The minimum Gasteiger partial charge on any atom is -0.388 e. The van der Waals surface area contributed by atoms with Crippen LogP contribution >= 0.6 is 0 Å². The highest BCUT2D eigenvalue weighted by Crippen LogP contribution is 2.39. The lowest BCUT2D eigenvalue weighted by Gasteiger charge is -2.32. The number of aliphatic hydroxyl groups is 1. The monoisotopic (exact) mass is 519 g/mol. The van der Waals surface area contributed by atoms with E-state index in [1.54, 1.807) is 35.0 Å². The molecule has 0 amide bonds. The minimum absolute atomic E-state index is 0.0345. The van der Waals surface area contributed by atoms with E-state index >= 15 is 0 Å². The fraction of sp³-hybridized carbons (Fsp3) is 0.720. The Hall–Kier alpha value is -2.08. The van der Waals surface area contributed by atoms with Crippen molar-refractivity contribution >= 4 is 27.0 Å². The lowest BCUT2D eigenvalue weighted by Crippen LogP contribution is -2.43. The van der Waals surface area contributed by atoms with Crippen molar-refractivity contribution in [1.29, 1.82) is 0 Å². The Labute approximate surface area is 212 Å². The first-order chi connectivity index (χ1) is 17.1. The highest BCUT2D eigenvalue weighted by atomic mass is 32.2. The topological polar surface area (TPSA) is 127 Å². The summed E-state index contributed by atoms with van der Waals surface area (Å²) in [5, 5.41) is 15.0. The van der Waals surface area contributed by atoms with Crippen molar-refractivity contribution < 1.29 is 18.3 Å². The Bertz CT molecular complexity index is 1260. The van der Waals surface area contributed by atoms with E-state index in [9.17, 15) is 18.3 Å². The van der Waals surface area contributed by atoms with Gasteiger partial charge < -0.3 is 15.2 Å². The standard InChI is InChI=1S/C25H37N5O5S/c1-17-15-18-16-26-24(28-22(18)30(23(17)31)21-6-3-10-25(21,2)32)27-19-7-11-29(12-8-19)36(33,34)14-9-20-5-4-13-35-20/h15-16,19-21,32H,3-14H2,1-2H3,(H,26,27,28)/t20-,21+,25+/m0/s1. The van der Waals surface area contributed by atoms with Crippen molar-refractivity contribution in [3.63, 3.8) is 0 Å². The number of aryl methyl sites for hydroxylation is 1. The molecule has 2 saturated heterocycles. The molecule has 198 valence electrons. The van der Waals surface area contributed by atoms with Crippen molar-refractivity contribution in [3.05, 3.63) is 28.2 Å². The molecule has 0 radical (unpaired) electrons. The summed E-state index contributed by atoms with van der Waals surface area (Å²) in [7, 11) is -3.30. The Morgan fingerprint density at radius 1 is 1.22 bits per heavy atom. The minimum atomic E-state index is -3.30. The number of rotatable bonds is 7. The van der Waals surface area contributed by atoms with E-state index in [1.807, 2.05) is 0 Å². The Balaban J connectivity index is 1.28. The van der Waals surface area contributed by atoms with E-state index in [0.29, 0.717) is 55.9 Å². The SMILES string of the molecule is Cc1cc2cnc(NC3CCN(S(=O)(=O)CC[C@@H]4CCCO4)CC3)nc2n([C@@H]2CCC[C@@]2(C)O)c1=O. The van der Waals surface area contributed by atoms with Gasteiger partial charge >= 0.3 is 0 Å². The van der Waals surface area contributed by atoms with E-state index in [2.05, 4.69) is 10.3 Å². The summed E-state index contributed by atoms with van der Waals surface area (Å²) in [4.78, 5) is 22.3. The van der Waals surface area contributed by atoms with Crippen molar-refractivity contribution in [2.24, 2.45) is 0 Å². The van der Waals surface area contributed by atoms with Gasteiger partial charge in [0.25, 0.3) is 5.56 Å². The molecule has 1 aliphatic carbocycles. The number of ether oxygens (including phenoxy) is 1. The molecule has 3 aliphatic rings. The fourth-order valence-corrected chi connectivity index (χ4v) is 7.48. The zero-order chi connectivity index (χ0) is 25.5. The third kappa shape index (κ3) is 5.16. The molecule has 36 heavy (non-hydrogen) atoms. The number of sulfonamides is 1. The maximum atomic E-state index is 13.1. The van der Waals surface area contributed by atoms with Crippen LogP contribution in [0, 0.1) is 6.92 Å². The Morgan fingerprint density at radius 2 is 2.00 bits per heavy atom. The van der Waals surface area contributed by atoms with Crippen LogP contribution in [-0.4, -0.2) is 75.6 Å². The van der Waals surface area contributed by atoms with Gasteiger partial charge in [-0.1, -0.05) is 0 Å². The second kappa shape index (κ2) is 10.00. The fourth-order valence-electron chi connectivity index (χ4n) is 5.90. The van der Waals surface area contributed by atoms with Crippen molar-refractivity contribution in [3.8, 4) is 0 Å². The first kappa shape index (κ1) is 25.6. The number of anilines is 1. The molecule has 2 aromatic heterocycles. The molecular weight excluding hydrogens is 482 g/mol. The number of aromatic nitrogens is 3. The number of nitrogens with zero attached hydrogens (tertiary/aromatic N) is 4. The molecule has 11 heteroatoms. The van der Waals surface area contributed by atoms with Gasteiger partial charge in [-0.25, -0.2) is 17.7 Å². The van der Waals surface area contributed by atoms with Gasteiger partial charge in [0.2, 0.25) is 16.0 Å². The number of pyridine rings is 1. The van der Waals surface area contributed by atoms with Gasteiger partial charge in [0.1, 0.15) is 5.65 Å². The van der Waals surface area contributed by atoms with E-state index in [4.69, 9.17) is 9.72 Å². The maximum absolute atomic E-state index is 13.1. The van der Waals surface area contributed by atoms with E-state index < -0.39 is 15.6 Å². The van der Waals surface area contributed by atoms with Gasteiger partial charge in [-0.2, -0.15) is 4.98 Å². The van der Waals surface area contributed by atoms with E-state index in [1.165, 1.54) is 0 Å². The molecule has 5 rings (SSSR count). The highest BCUT2D eigenvalue weighted by Gasteiger charge is 2.39. The first-order valence-corrected chi connectivity index (χ1v) is 14.7. The molecule has 0 bridgehead atoms. The van der Waals surface area contributed by atoms with Gasteiger partial charge in [-0.05, 0) is 71.3 Å². The third-order valence-electron chi connectivity index (χ3n) is 8.04. The average molecular weight is 520 g/mol. The lowest BCUT2D eigenvalue weighted by molar-refractivity contribution is 0.0266. The van der Waals surface area contributed by atoms with Crippen LogP contribution in [0.2, 0.25) is 0 Å². The highest BCUT2D eigenvalue weighted by molar-refractivity contribution is 7.89. The van der Waals surface area contributed by atoms with Crippen LogP contribution < -0.4 is 10.9 Å². The number of fused-ring (bicyclic) bond motifs is 1. The van der Waals surface area contributed by atoms with Crippen LogP contribution in [-0.2, 0) is 14.8 Å². The zero-order valence-electron chi connectivity index (χ0n) is 21.1. The van der Waals surface area contributed by atoms with Crippen LogP contribution in [0.25, 0.3) is 11.0 Å². The molecule has 0 aromatic carbocycles. The van der Waals surface area contributed by atoms with E-state index in [0.717, 1.165) is 37.7 Å². The molecule has 0 unspecified atom stereocenters. The quantitative estimate of drug-likeness (QED) is 0.571. The first-order valence-electron chi connectivity index (χ1n) is 13.1. The largest absolute Gasteiger partial charge is 0.388 e. The summed E-state index contributed by atoms with van der Waals surface area (Å²) in [6, 6.07) is 1.49. The Morgan fingerprint density at radius 3 is 2.67 bits per heavy atom. The molecular formula is C25H37N5O5S. The predicted molar refractivity (Wildman–Crippen MR) is 138 cm³/mol. The van der Waals surface area contributed by atoms with Crippen molar-refractivity contribution in [1.82, 2.24) is 18.8 Å². The predicted octanol–water partition coefficient (Wildman–Crippen LogP) is 2.35. The summed E-state index contributed by atoms with van der Waals surface area (Å²) in [6.45, 7) is 5.20. The van der Waals surface area contributed by atoms with Gasteiger partial charge in [0, 0.05) is 42.9 Å². The summed E-state index contributed by atoms with van der Waals surface area (Å²) in [5.74, 6) is 0.544. The van der Waals surface area contributed by atoms with Crippen LogP contribution in [0.15, 0.2) is 17.1 Å². The second-order valence-corrected chi connectivity index (χ2v) is 12.9. The normalized spacial score (nSPS) is 28.2. The molecule has 2 N–H and O–H groups in total. The smallest absolute Gasteiger partial charge is 0.255 e. The molecule has 10 nitrogen and oxygen atoms in total. The second-order valence-electron chi connectivity index (χ2n) is 10.8. The molecule has 3 atom stereocenters. The summed E-state index contributed by atoms with van der Waals surface area (Å²) in [6.07, 6.45) is 7.80. The maximum Gasteiger partial charge on any atom is 0.255 e. The summed E-state index contributed by atoms with van der Waals surface area (Å²) in [5.41, 5.74) is 0.0125. The van der Waals surface area contributed by atoms with Crippen molar-refractivity contribution in [2.45, 2.75) is 89.0 Å². The molecule has 0 spiro atoms. The van der Waals surface area contributed by atoms with Crippen LogP contribution in [0.5, 0.6) is 0 Å². The van der Waals surface area contributed by atoms with Crippen molar-refractivity contribution in [2.75, 3.05) is 30.8 Å². The van der Waals surface area contributed by atoms with Crippen LogP contribution in [0.1, 0.15) is 69.9 Å². The molecule has 2 aliphatic heterocycles. The zero-order valence-corrected chi connectivity index (χ0v) is 22.0. The summed E-state index contributed by atoms with van der Waals surface area (Å²) >= 11 is 0. The Kier molecular flexibility index (Phi) is 7.10. The molecule has 1 saturated carbocycles. The molecule has 4 heterocycles. The number of hydrogen-bond donors (Lipinski definition) is 2. The molecule has 2 aromatic rings. The van der Waals surface area contributed by atoms with E-state index in [-0.39, 0.29) is 29.5 Å². The third-order valence-corrected chi connectivity index (χ3v) is 9.95. The number of nitrogens with one attached hydrogen (secondary N) is 1. The van der Waals surface area contributed by atoms with Gasteiger partial charge in [0.15, 0.2) is 0 Å². The summed E-state index contributed by atoms with van der Waals surface area (Å²) < 4.78 is 34.4. The molecule has 3 fully saturated rings. The number of piperidine rings is 1. The van der Waals surface area contributed by atoms with Gasteiger partial charge in [0.05, 0.1) is 23.5 Å². The van der Waals surface area contributed by atoms with Crippen LogP contribution in [0.4, 0.5) is 5.95 Å². The van der Waals surface area contributed by atoms with Crippen LogP contribution in [0.3, 0.4) is 0 Å². The lowest BCUT2D eigenvalue weighted by atomic mass is 9.99.